The summed E-state index contributed by atoms with van der Waals surface area (Å²) in [6.45, 7) is 9.08. The third-order valence-corrected chi connectivity index (χ3v) is 4.77. The van der Waals surface area contributed by atoms with Gasteiger partial charge in [-0.1, -0.05) is 28.1 Å². The number of rotatable bonds is 9. The van der Waals surface area contributed by atoms with Gasteiger partial charge in [0.25, 0.3) is 0 Å². The van der Waals surface area contributed by atoms with Crippen LogP contribution >= 0.6 is 15.9 Å². The second kappa shape index (κ2) is 10.6. The highest BCUT2D eigenvalue weighted by atomic mass is 79.9. The van der Waals surface area contributed by atoms with Crippen LogP contribution < -0.4 is 5.32 Å². The van der Waals surface area contributed by atoms with Gasteiger partial charge in [0.05, 0.1) is 6.61 Å². The number of amides is 2. The molecule has 0 aliphatic heterocycles. The zero-order valence-corrected chi connectivity index (χ0v) is 18.3. The van der Waals surface area contributed by atoms with Crippen molar-refractivity contribution >= 4 is 33.7 Å². The molecular weight excluding hydrogens is 412 g/mol. The molecular formula is C20H29BrN2O4. The lowest BCUT2D eigenvalue weighted by Gasteiger charge is -2.30. The van der Waals surface area contributed by atoms with Gasteiger partial charge in [0, 0.05) is 30.4 Å². The van der Waals surface area contributed by atoms with Gasteiger partial charge in [-0.3, -0.25) is 24.6 Å². The topological polar surface area (TPSA) is 75.7 Å². The number of halogens is 1. The van der Waals surface area contributed by atoms with Gasteiger partial charge < -0.3 is 4.74 Å². The Labute approximate surface area is 169 Å². The third-order valence-electron chi connectivity index (χ3n) is 4.24. The van der Waals surface area contributed by atoms with Crippen molar-refractivity contribution in [2.45, 2.75) is 59.0 Å². The highest BCUT2D eigenvalue weighted by Crippen LogP contribution is 2.24. The molecule has 150 valence electrons. The second-order valence-corrected chi connectivity index (χ2v) is 7.71. The predicted molar refractivity (Wildman–Crippen MR) is 108 cm³/mol. The van der Waals surface area contributed by atoms with Gasteiger partial charge in [-0.2, -0.15) is 0 Å². The molecule has 6 nitrogen and oxygen atoms in total. The Morgan fingerprint density at radius 2 is 1.78 bits per heavy atom. The van der Waals surface area contributed by atoms with Gasteiger partial charge in [-0.25, -0.2) is 0 Å². The Morgan fingerprint density at radius 3 is 2.26 bits per heavy atom. The van der Waals surface area contributed by atoms with Gasteiger partial charge in [-0.15, -0.1) is 0 Å². The number of hydrogen-bond acceptors (Lipinski definition) is 5. The fraction of sp³-hybridized carbons (Fsp3) is 0.550. The fourth-order valence-corrected chi connectivity index (χ4v) is 3.07. The summed E-state index contributed by atoms with van der Waals surface area (Å²) in [7, 11) is 0. The molecule has 1 aromatic carbocycles. The first-order chi connectivity index (χ1) is 12.6. The highest BCUT2D eigenvalue weighted by Gasteiger charge is 2.32. The molecule has 27 heavy (non-hydrogen) atoms. The fourth-order valence-electron chi connectivity index (χ4n) is 2.80. The summed E-state index contributed by atoms with van der Waals surface area (Å²) < 4.78 is 6.09. The van der Waals surface area contributed by atoms with Crippen molar-refractivity contribution < 1.29 is 19.1 Å². The van der Waals surface area contributed by atoms with E-state index in [1.165, 1.54) is 11.8 Å². The summed E-state index contributed by atoms with van der Waals surface area (Å²) in [6, 6.07) is 7.47. The maximum atomic E-state index is 12.4. The second-order valence-electron chi connectivity index (χ2n) is 6.79. The number of nitrogens with zero attached hydrogens (tertiary/aromatic N) is 1. The van der Waals surface area contributed by atoms with Crippen molar-refractivity contribution in [1.82, 2.24) is 10.2 Å². The summed E-state index contributed by atoms with van der Waals surface area (Å²) >= 11 is 3.41. The standard InChI is InChI=1S/C20H29BrN2O4/c1-6-23(14(3)24)18(25)13-12-17(15-8-10-16(21)11-9-15)22-20(4,5)19(26)27-7-2/h8-11,17,22H,6-7,12-13H2,1-5H3/t17-/m0/s1. The number of carbonyl (C=O) groups is 3. The summed E-state index contributed by atoms with van der Waals surface area (Å²) in [5, 5.41) is 3.31. The number of hydrogen-bond donors (Lipinski definition) is 1. The average molecular weight is 441 g/mol. The lowest BCUT2D eigenvalue weighted by molar-refractivity contribution is -0.150. The van der Waals surface area contributed by atoms with Crippen LogP contribution in [0.15, 0.2) is 28.7 Å². The molecule has 1 atom stereocenters. The van der Waals surface area contributed by atoms with Crippen LogP contribution in [0.1, 0.15) is 59.1 Å². The molecule has 0 radical (unpaired) electrons. The first-order valence-corrected chi connectivity index (χ1v) is 9.93. The smallest absolute Gasteiger partial charge is 0.325 e. The summed E-state index contributed by atoms with van der Waals surface area (Å²) in [5.41, 5.74) is 0.0381. The molecule has 7 heteroatoms. The minimum Gasteiger partial charge on any atom is -0.465 e. The molecule has 0 aromatic heterocycles. The van der Waals surface area contributed by atoms with Crippen LogP contribution in [0, 0.1) is 0 Å². The van der Waals surface area contributed by atoms with Crippen LogP contribution in [-0.2, 0) is 19.1 Å². The van der Waals surface area contributed by atoms with Crippen LogP contribution in [0.25, 0.3) is 0 Å². The molecule has 1 rings (SSSR count). The zero-order valence-electron chi connectivity index (χ0n) is 16.7. The number of nitrogens with one attached hydrogen (secondary N) is 1. The van der Waals surface area contributed by atoms with E-state index in [2.05, 4.69) is 21.2 Å². The summed E-state index contributed by atoms with van der Waals surface area (Å²) in [5.74, 6) is -0.831. The van der Waals surface area contributed by atoms with E-state index in [9.17, 15) is 14.4 Å². The van der Waals surface area contributed by atoms with E-state index in [4.69, 9.17) is 4.74 Å². The molecule has 0 heterocycles. The number of esters is 1. The van der Waals surface area contributed by atoms with E-state index in [1.54, 1.807) is 27.7 Å². The molecule has 0 spiro atoms. The molecule has 0 saturated heterocycles. The summed E-state index contributed by atoms with van der Waals surface area (Å²) in [4.78, 5) is 37.5. The van der Waals surface area contributed by atoms with Gasteiger partial charge >= 0.3 is 5.97 Å². The van der Waals surface area contributed by atoms with Crippen molar-refractivity contribution in [1.29, 1.82) is 0 Å². The van der Waals surface area contributed by atoms with Crippen molar-refractivity contribution in [2.24, 2.45) is 0 Å². The van der Waals surface area contributed by atoms with Crippen molar-refractivity contribution in [3.8, 4) is 0 Å². The van der Waals surface area contributed by atoms with E-state index in [0.717, 1.165) is 10.0 Å². The molecule has 2 amide bonds. The Bertz CT molecular complexity index is 658. The summed E-state index contributed by atoms with van der Waals surface area (Å²) in [6.07, 6.45) is 0.646. The lowest BCUT2D eigenvalue weighted by atomic mass is 9.96. The number of carbonyl (C=O) groups excluding carboxylic acids is 3. The molecule has 0 aliphatic carbocycles. The minimum atomic E-state index is -0.915. The van der Waals surface area contributed by atoms with Crippen LogP contribution in [0.3, 0.4) is 0 Å². The number of benzene rings is 1. The van der Waals surface area contributed by atoms with Crippen LogP contribution in [0.4, 0.5) is 0 Å². The first kappa shape index (κ1) is 23.3. The van der Waals surface area contributed by atoms with E-state index in [0.29, 0.717) is 19.6 Å². The number of imide groups is 1. The quantitative estimate of drug-likeness (QED) is 0.593. The van der Waals surface area contributed by atoms with Crippen LogP contribution in [0.2, 0.25) is 0 Å². The SMILES string of the molecule is CCOC(=O)C(C)(C)N[C@@H](CCC(=O)N(CC)C(C)=O)c1ccc(Br)cc1. The van der Waals surface area contributed by atoms with E-state index in [-0.39, 0.29) is 30.2 Å². The predicted octanol–water partition coefficient (Wildman–Crippen LogP) is 3.60. The number of ether oxygens (including phenoxy) is 1. The van der Waals surface area contributed by atoms with E-state index < -0.39 is 5.54 Å². The Kier molecular flexibility index (Phi) is 9.12. The average Bonchev–Trinajstić information content (AvgIpc) is 2.59. The lowest BCUT2D eigenvalue weighted by Crippen LogP contribution is -2.49. The maximum absolute atomic E-state index is 12.4. The van der Waals surface area contributed by atoms with Gasteiger partial charge in [-0.05, 0) is 51.8 Å². The van der Waals surface area contributed by atoms with Gasteiger partial charge in [0.1, 0.15) is 5.54 Å². The molecule has 0 bridgehead atoms. The molecule has 1 N–H and O–H groups in total. The minimum absolute atomic E-state index is 0.194. The Hall–Kier alpha value is -1.73. The zero-order chi connectivity index (χ0) is 20.6. The molecule has 0 fully saturated rings. The van der Waals surface area contributed by atoms with E-state index >= 15 is 0 Å². The molecule has 0 unspecified atom stereocenters. The Balaban J connectivity index is 2.98. The van der Waals surface area contributed by atoms with Crippen LogP contribution in [0.5, 0.6) is 0 Å². The van der Waals surface area contributed by atoms with Crippen molar-refractivity contribution in [2.75, 3.05) is 13.2 Å². The van der Waals surface area contributed by atoms with Crippen LogP contribution in [-0.4, -0.2) is 41.4 Å². The van der Waals surface area contributed by atoms with E-state index in [1.807, 2.05) is 24.3 Å². The molecule has 1 aromatic rings. The van der Waals surface area contributed by atoms with Crippen molar-refractivity contribution in [3.63, 3.8) is 0 Å². The monoisotopic (exact) mass is 440 g/mol. The highest BCUT2D eigenvalue weighted by molar-refractivity contribution is 9.10. The normalized spacial score (nSPS) is 12.4. The first-order valence-electron chi connectivity index (χ1n) is 9.13. The van der Waals surface area contributed by atoms with Gasteiger partial charge in [0.15, 0.2) is 0 Å². The molecule has 0 aliphatic rings. The Morgan fingerprint density at radius 1 is 1.19 bits per heavy atom. The van der Waals surface area contributed by atoms with Crippen molar-refractivity contribution in [3.05, 3.63) is 34.3 Å². The van der Waals surface area contributed by atoms with Gasteiger partial charge in [0.2, 0.25) is 11.8 Å². The maximum Gasteiger partial charge on any atom is 0.325 e. The molecule has 0 saturated carbocycles. The largest absolute Gasteiger partial charge is 0.465 e. The third kappa shape index (κ3) is 7.07.